The number of carbonyl (C=O) groups is 10. The predicted molar refractivity (Wildman–Crippen MR) is 341 cm³/mol. The molecule has 2 saturated heterocycles. The van der Waals surface area contributed by atoms with E-state index in [0.717, 1.165) is 128 Å². The summed E-state index contributed by atoms with van der Waals surface area (Å²) in [5, 5.41) is 6.08. The van der Waals surface area contributed by atoms with E-state index in [1.54, 1.807) is 13.8 Å². The van der Waals surface area contributed by atoms with Gasteiger partial charge in [0.15, 0.2) is 0 Å². The summed E-state index contributed by atoms with van der Waals surface area (Å²) < 4.78 is 0. The molecule has 0 aromatic heterocycles. The standard InChI is InChI=1S/2C6H14N2O.C6H13NO.2C5H9NO.2C5H11NO.2C3H7NO.C2H5NO.10CH4/c2*7-4-2-1-3-6(8)5-9;1-3-5(2)6(7)4-8;2*7-4-5-2-1-3-6-5;2*1-4(2)5(6)3-7;2*1-3(4)2-5;3-1-2-4;;;;;;;;;;/h2*5-6H,1-4,7-8H2;4-6H,3,7H2,1-2H3;2*4-6H,1-3H2;2*3-5H,6H2,1-2H3;2*2-3H,4H2,1H3;2H,1,3H2;10*1H4/t2*6-;5-,6+;4*5-;2*3-;;;;;;;;;;;/m111000011.........../s1. The predicted octanol–water partition coefficient (Wildman–Crippen LogP) is 4.62. The molecule has 78 heavy (non-hydrogen) atoms. The summed E-state index contributed by atoms with van der Waals surface area (Å²) in [5.74, 6) is 0.877. The van der Waals surface area contributed by atoms with Crippen LogP contribution in [0.2, 0.25) is 0 Å². The lowest BCUT2D eigenvalue weighted by Gasteiger charge is -2.09. The molecule has 2 aliphatic rings. The van der Waals surface area contributed by atoms with Crippen LogP contribution >= 0.6 is 0 Å². The topological polar surface area (TPSA) is 455 Å². The molecule has 2 rings (SSSR count). The number of unbranched alkanes of at least 4 members (excludes halogenated alkanes) is 2. The lowest BCUT2D eigenvalue weighted by atomic mass is 10.0. The number of hydrogen-bond acceptors (Lipinski definition) is 22. The van der Waals surface area contributed by atoms with Crippen molar-refractivity contribution in [2.45, 2.75) is 255 Å². The fourth-order valence-corrected chi connectivity index (χ4v) is 3.56. The van der Waals surface area contributed by atoms with Crippen LogP contribution in [0.1, 0.15) is 200 Å². The van der Waals surface area contributed by atoms with E-state index in [-0.39, 0.29) is 147 Å². The van der Waals surface area contributed by atoms with Crippen LogP contribution < -0.4 is 68.0 Å². The van der Waals surface area contributed by atoms with Crippen molar-refractivity contribution in [3.8, 4) is 0 Å². The van der Waals surface area contributed by atoms with E-state index in [1.807, 2.05) is 41.5 Å². The molecular weight excluding hydrogens is 1000 g/mol. The van der Waals surface area contributed by atoms with Crippen LogP contribution in [0, 0.1) is 17.8 Å². The van der Waals surface area contributed by atoms with Gasteiger partial charge in [0.05, 0.1) is 54.4 Å². The van der Waals surface area contributed by atoms with Crippen molar-refractivity contribution in [3.63, 3.8) is 0 Å². The van der Waals surface area contributed by atoms with E-state index in [0.29, 0.717) is 37.9 Å². The Hall–Kier alpha value is -3.78. The van der Waals surface area contributed by atoms with Gasteiger partial charge in [-0.15, -0.1) is 0 Å². The summed E-state index contributed by atoms with van der Waals surface area (Å²) in [6.45, 7) is 18.5. The molecule has 0 bridgehead atoms. The Morgan fingerprint density at radius 2 is 0.679 bits per heavy atom. The van der Waals surface area contributed by atoms with Gasteiger partial charge in [0.2, 0.25) is 0 Å². The second-order valence-corrected chi connectivity index (χ2v) is 16.3. The Kier molecular flexibility index (Phi) is 170. The third-order valence-corrected chi connectivity index (χ3v) is 8.70. The minimum Gasteiger partial charge on any atom is -0.330 e. The van der Waals surface area contributed by atoms with E-state index in [2.05, 4.69) is 16.4 Å². The highest BCUT2D eigenvalue weighted by Crippen LogP contribution is 2.02. The molecule has 22 heteroatoms. The highest BCUT2D eigenvalue weighted by Gasteiger charge is 2.11. The number of carbonyl (C=O) groups excluding carboxylic acids is 10. The SMILES string of the molecule is C.C.C.C.C.C.C.C.C.C.CC(C)[C@@H](N)C=O.CC(C)[C@@H](N)C=O.CC[C@@H](C)[C@@H](N)C=O.C[C@@H](N)C=O.C[C@@H](N)C=O.NCC=O.NCCCC[C@@H](N)C=O.NCCCC[C@@H](N)C=O.O=C[C@@H]1CCCN1.O=C[C@@H]1CCCN1. The molecule has 2 heterocycles. The Morgan fingerprint density at radius 1 is 0.423 bits per heavy atom. The van der Waals surface area contributed by atoms with E-state index in [9.17, 15) is 43.2 Å². The highest BCUT2D eigenvalue weighted by atomic mass is 16.1. The van der Waals surface area contributed by atoms with E-state index >= 15 is 0 Å². The molecule has 0 unspecified atom stereocenters. The summed E-state index contributed by atoms with van der Waals surface area (Å²) >= 11 is 0. The Labute approximate surface area is 482 Å². The first-order valence-electron chi connectivity index (χ1n) is 23.4. The molecule has 0 aliphatic carbocycles. The van der Waals surface area contributed by atoms with Crippen molar-refractivity contribution in [1.29, 1.82) is 0 Å². The van der Waals surface area contributed by atoms with Crippen molar-refractivity contribution < 1.29 is 47.9 Å². The first-order chi connectivity index (χ1) is 32.0. The van der Waals surface area contributed by atoms with E-state index in [1.165, 1.54) is 0 Å². The lowest BCUT2D eigenvalue weighted by Crippen LogP contribution is -2.28. The smallest absolute Gasteiger partial charge is 0.136 e. The van der Waals surface area contributed by atoms with Gasteiger partial charge < -0.3 is 116 Å². The van der Waals surface area contributed by atoms with Gasteiger partial charge in [-0.25, -0.2) is 0 Å². The van der Waals surface area contributed by atoms with Crippen LogP contribution in [-0.4, -0.2) is 150 Å². The van der Waals surface area contributed by atoms with Crippen LogP contribution in [0.15, 0.2) is 0 Å². The van der Waals surface area contributed by atoms with Gasteiger partial charge in [0.1, 0.15) is 62.9 Å². The minimum absolute atomic E-state index is 0. The van der Waals surface area contributed by atoms with Gasteiger partial charge in [-0.3, -0.25) is 0 Å². The highest BCUT2D eigenvalue weighted by molar-refractivity contribution is 5.59. The molecule has 0 aromatic rings. The Balaban J connectivity index is -0.0000000318. The largest absolute Gasteiger partial charge is 0.330 e. The first kappa shape index (κ1) is 126. The summed E-state index contributed by atoms with van der Waals surface area (Å²) in [4.78, 5) is 97.2. The van der Waals surface area contributed by atoms with Gasteiger partial charge in [-0.05, 0) is 109 Å². The van der Waals surface area contributed by atoms with Crippen molar-refractivity contribution in [2.24, 2.45) is 75.1 Å². The van der Waals surface area contributed by atoms with E-state index in [4.69, 9.17) is 56.4 Å². The summed E-state index contributed by atoms with van der Waals surface area (Å²) in [6.07, 6.45) is 18.6. The maximum Gasteiger partial charge on any atom is 0.136 e. The molecule has 0 spiro atoms. The summed E-state index contributed by atoms with van der Waals surface area (Å²) in [7, 11) is 0. The molecular formula is C56H140N12O10. The fourth-order valence-electron chi connectivity index (χ4n) is 3.56. The molecule has 2 fully saturated rings. The van der Waals surface area contributed by atoms with Crippen molar-refractivity contribution >= 4 is 62.9 Å². The van der Waals surface area contributed by atoms with Gasteiger partial charge in [0.25, 0.3) is 0 Å². The van der Waals surface area contributed by atoms with Crippen molar-refractivity contribution in [1.82, 2.24) is 10.6 Å². The number of nitrogens with two attached hydrogens (primary N) is 10. The third-order valence-electron chi connectivity index (χ3n) is 8.70. The van der Waals surface area contributed by atoms with Crippen molar-refractivity contribution in [3.05, 3.63) is 0 Å². The normalized spacial score (nSPS) is 15.0. The molecule has 0 radical (unpaired) electrons. The number of aldehydes is 10. The lowest BCUT2D eigenvalue weighted by molar-refractivity contribution is -0.110. The minimum atomic E-state index is -0.296. The monoisotopic (exact) mass is 1140 g/mol. The summed E-state index contributed by atoms with van der Waals surface area (Å²) in [6, 6.07) is -1.64. The molecule has 2 aliphatic heterocycles. The van der Waals surface area contributed by atoms with Crippen LogP contribution in [-0.2, 0) is 47.9 Å². The van der Waals surface area contributed by atoms with Gasteiger partial charge >= 0.3 is 0 Å². The average Bonchev–Trinajstić information content (AvgIpc) is 4.10. The molecule has 22 nitrogen and oxygen atoms in total. The second kappa shape index (κ2) is 105. The van der Waals surface area contributed by atoms with Crippen molar-refractivity contribution in [2.75, 3.05) is 32.7 Å². The van der Waals surface area contributed by atoms with E-state index < -0.39 is 0 Å². The molecule has 0 amide bonds. The maximum atomic E-state index is 9.98. The molecule has 0 aromatic carbocycles. The number of hydrogen-bond donors (Lipinski definition) is 12. The Bertz CT molecular complexity index is 1040. The van der Waals surface area contributed by atoms with Crippen LogP contribution in [0.5, 0.6) is 0 Å². The second-order valence-electron chi connectivity index (χ2n) is 16.3. The van der Waals surface area contributed by atoms with Crippen LogP contribution in [0.25, 0.3) is 0 Å². The quantitative estimate of drug-likeness (QED) is 0.0519. The zero-order valence-corrected chi connectivity index (χ0v) is 42.9. The zero-order valence-electron chi connectivity index (χ0n) is 42.9. The fraction of sp³-hybridized carbons (Fsp3) is 0.821. The first-order valence-corrected chi connectivity index (χ1v) is 23.4. The third kappa shape index (κ3) is 129. The average molecular weight is 1140 g/mol. The molecule has 0 saturated carbocycles. The molecule has 484 valence electrons. The summed E-state index contributed by atoms with van der Waals surface area (Å²) in [5.41, 5.74) is 51.4. The number of rotatable bonds is 22. The van der Waals surface area contributed by atoms with Gasteiger partial charge in [-0.1, -0.05) is 135 Å². The van der Waals surface area contributed by atoms with Gasteiger partial charge in [0, 0.05) is 6.54 Å². The zero-order chi connectivity index (χ0) is 54.7. The number of nitrogens with one attached hydrogen (secondary N) is 2. The van der Waals surface area contributed by atoms with Crippen LogP contribution in [0.4, 0.5) is 0 Å². The molecule has 10 atom stereocenters. The van der Waals surface area contributed by atoms with Gasteiger partial charge in [-0.2, -0.15) is 0 Å². The van der Waals surface area contributed by atoms with Crippen LogP contribution in [0.3, 0.4) is 0 Å². The maximum absolute atomic E-state index is 9.98. The molecule has 22 N–H and O–H groups in total. The Morgan fingerprint density at radius 3 is 0.769 bits per heavy atom.